The van der Waals surface area contributed by atoms with E-state index in [4.69, 9.17) is 0 Å². The van der Waals surface area contributed by atoms with Crippen molar-refractivity contribution in [3.05, 3.63) is 17.7 Å². The molecule has 0 saturated carbocycles. The van der Waals surface area contributed by atoms with Crippen molar-refractivity contribution in [1.82, 2.24) is 4.98 Å². The summed E-state index contributed by atoms with van der Waals surface area (Å²) in [6, 6.07) is 0. The van der Waals surface area contributed by atoms with Crippen LogP contribution in [0.25, 0.3) is 0 Å². The normalized spacial score (nSPS) is 9.10. The minimum Gasteiger partial charge on any atom is -1.00 e. The van der Waals surface area contributed by atoms with E-state index < -0.39 is 0 Å². The zero-order chi connectivity index (χ0) is 6.85. The van der Waals surface area contributed by atoms with Crippen LogP contribution in [0.5, 0.6) is 0 Å². The van der Waals surface area contributed by atoms with E-state index in [1.807, 2.05) is 0 Å². The largest absolute Gasteiger partial charge is 1.00 e. The topological polar surface area (TPSA) is 19.7 Å². The van der Waals surface area contributed by atoms with Crippen LogP contribution in [0.4, 0.5) is 0 Å². The van der Waals surface area contributed by atoms with Gasteiger partial charge in [0, 0.05) is 13.3 Å². The number of hydrogen-bond acceptors (Lipinski definition) is 0. The van der Waals surface area contributed by atoms with E-state index in [0.717, 1.165) is 6.42 Å². The van der Waals surface area contributed by atoms with Crippen LogP contribution in [0.1, 0.15) is 18.4 Å². The van der Waals surface area contributed by atoms with Gasteiger partial charge in [0.05, 0.1) is 7.05 Å². The van der Waals surface area contributed by atoms with E-state index in [0.29, 0.717) is 0 Å². The summed E-state index contributed by atoms with van der Waals surface area (Å²) in [5.74, 6) is 1.21. The molecule has 0 aliphatic heterocycles. The summed E-state index contributed by atoms with van der Waals surface area (Å²) in [4.78, 5) is 3.15. The third-order valence-electron chi connectivity index (χ3n) is 1.74. The summed E-state index contributed by atoms with van der Waals surface area (Å²) in [5, 5.41) is 0. The SMILES string of the molecule is CCc1c[nH]c(C)[n+]1C.[Br-]. The molecular formula is C7H13BrN2. The van der Waals surface area contributed by atoms with Gasteiger partial charge in [0.2, 0.25) is 0 Å². The number of imidazole rings is 1. The van der Waals surface area contributed by atoms with Gasteiger partial charge in [-0.05, 0) is 0 Å². The molecule has 0 spiro atoms. The Morgan fingerprint density at radius 2 is 2.20 bits per heavy atom. The minimum atomic E-state index is 0. The molecule has 1 aromatic heterocycles. The Hall–Kier alpha value is -0.310. The molecule has 1 heterocycles. The lowest BCUT2D eigenvalue weighted by Crippen LogP contribution is -3.00. The van der Waals surface area contributed by atoms with Crippen LogP contribution < -0.4 is 21.5 Å². The molecule has 2 nitrogen and oxygen atoms in total. The molecule has 1 N–H and O–H groups in total. The number of aryl methyl sites for hydroxylation is 2. The standard InChI is InChI=1S/C7H12N2.BrH/c1-4-7-5-8-6(2)9(7)3;/h5H,4H2,1-3H3;1H. The highest BCUT2D eigenvalue weighted by Gasteiger charge is 2.05. The second-order valence-electron chi connectivity index (χ2n) is 2.28. The summed E-state index contributed by atoms with van der Waals surface area (Å²) in [6.07, 6.45) is 3.15. The highest BCUT2D eigenvalue weighted by Crippen LogP contribution is 1.91. The molecule has 3 heteroatoms. The molecule has 10 heavy (non-hydrogen) atoms. The Kier molecular flexibility index (Phi) is 3.64. The molecule has 0 unspecified atom stereocenters. The van der Waals surface area contributed by atoms with Crippen molar-refractivity contribution in [3.63, 3.8) is 0 Å². The number of aromatic amines is 1. The Labute approximate surface area is 72.0 Å². The lowest BCUT2D eigenvalue weighted by Gasteiger charge is -1.88. The Morgan fingerprint density at radius 1 is 1.60 bits per heavy atom. The van der Waals surface area contributed by atoms with E-state index in [2.05, 4.69) is 36.6 Å². The van der Waals surface area contributed by atoms with Crippen molar-refractivity contribution >= 4 is 0 Å². The van der Waals surface area contributed by atoms with Gasteiger partial charge in [0.15, 0.2) is 0 Å². The lowest BCUT2D eigenvalue weighted by atomic mass is 10.4. The molecule has 0 radical (unpaired) electrons. The first-order valence-corrected chi connectivity index (χ1v) is 3.28. The number of halogens is 1. The van der Waals surface area contributed by atoms with Crippen molar-refractivity contribution < 1.29 is 21.5 Å². The number of rotatable bonds is 1. The first-order chi connectivity index (χ1) is 4.25. The van der Waals surface area contributed by atoms with E-state index in [1.54, 1.807) is 0 Å². The smallest absolute Gasteiger partial charge is 0.251 e. The second kappa shape index (κ2) is 3.76. The Bertz CT molecular complexity index is 205. The van der Waals surface area contributed by atoms with Crippen LogP contribution in [-0.4, -0.2) is 4.98 Å². The average molecular weight is 205 g/mol. The predicted molar refractivity (Wildman–Crippen MR) is 36.1 cm³/mol. The fourth-order valence-electron chi connectivity index (χ4n) is 0.936. The molecule has 0 aliphatic rings. The van der Waals surface area contributed by atoms with Crippen molar-refractivity contribution in [2.45, 2.75) is 20.3 Å². The van der Waals surface area contributed by atoms with Gasteiger partial charge >= 0.3 is 0 Å². The maximum Gasteiger partial charge on any atom is 0.251 e. The van der Waals surface area contributed by atoms with Crippen LogP contribution in [0, 0.1) is 6.92 Å². The summed E-state index contributed by atoms with van der Waals surface area (Å²) in [6.45, 7) is 4.22. The average Bonchev–Trinajstić information content (AvgIpc) is 2.15. The first-order valence-electron chi connectivity index (χ1n) is 3.28. The quantitative estimate of drug-likeness (QED) is 0.498. The zero-order valence-corrected chi connectivity index (χ0v) is 8.20. The van der Waals surface area contributed by atoms with Crippen molar-refractivity contribution in [1.29, 1.82) is 0 Å². The molecule has 1 aromatic rings. The molecule has 0 aromatic carbocycles. The van der Waals surface area contributed by atoms with Gasteiger partial charge in [0.25, 0.3) is 5.82 Å². The van der Waals surface area contributed by atoms with Gasteiger partial charge < -0.3 is 17.0 Å². The molecule has 0 fully saturated rings. The maximum atomic E-state index is 3.15. The van der Waals surface area contributed by atoms with Crippen molar-refractivity contribution in [2.75, 3.05) is 0 Å². The highest BCUT2D eigenvalue weighted by molar-refractivity contribution is 4.88. The fraction of sp³-hybridized carbons (Fsp3) is 0.571. The number of nitrogens with one attached hydrogen (secondary N) is 1. The number of nitrogens with zero attached hydrogens (tertiary/aromatic N) is 1. The fourth-order valence-corrected chi connectivity index (χ4v) is 0.936. The van der Waals surface area contributed by atoms with Crippen LogP contribution in [0.3, 0.4) is 0 Å². The van der Waals surface area contributed by atoms with E-state index in [1.165, 1.54) is 11.5 Å². The summed E-state index contributed by atoms with van der Waals surface area (Å²) in [7, 11) is 2.07. The van der Waals surface area contributed by atoms with Crippen LogP contribution >= 0.6 is 0 Å². The van der Waals surface area contributed by atoms with Gasteiger partial charge in [-0.15, -0.1) is 0 Å². The maximum absolute atomic E-state index is 3.15. The van der Waals surface area contributed by atoms with Crippen LogP contribution in [0.15, 0.2) is 6.20 Å². The Balaban J connectivity index is 0.000000810. The van der Waals surface area contributed by atoms with Gasteiger partial charge in [0.1, 0.15) is 11.9 Å². The zero-order valence-electron chi connectivity index (χ0n) is 6.61. The van der Waals surface area contributed by atoms with E-state index in [9.17, 15) is 0 Å². The molecular weight excluding hydrogens is 192 g/mol. The summed E-state index contributed by atoms with van der Waals surface area (Å²) < 4.78 is 2.17. The minimum absolute atomic E-state index is 0. The molecule has 0 atom stereocenters. The number of aromatic nitrogens is 2. The van der Waals surface area contributed by atoms with Gasteiger partial charge in [-0.25, -0.2) is 9.55 Å². The second-order valence-corrected chi connectivity index (χ2v) is 2.28. The first kappa shape index (κ1) is 9.69. The van der Waals surface area contributed by atoms with Crippen LogP contribution in [0.2, 0.25) is 0 Å². The van der Waals surface area contributed by atoms with E-state index >= 15 is 0 Å². The monoisotopic (exact) mass is 204 g/mol. The van der Waals surface area contributed by atoms with E-state index in [-0.39, 0.29) is 17.0 Å². The molecule has 0 saturated heterocycles. The number of hydrogen-bond donors (Lipinski definition) is 1. The molecule has 0 bridgehead atoms. The van der Waals surface area contributed by atoms with Crippen molar-refractivity contribution in [2.24, 2.45) is 7.05 Å². The van der Waals surface area contributed by atoms with Gasteiger partial charge in [-0.2, -0.15) is 0 Å². The predicted octanol–water partition coefficient (Wildman–Crippen LogP) is -2.29. The highest BCUT2D eigenvalue weighted by atomic mass is 79.9. The summed E-state index contributed by atoms with van der Waals surface area (Å²) >= 11 is 0. The summed E-state index contributed by atoms with van der Waals surface area (Å²) in [5.41, 5.74) is 1.35. The molecule has 0 aliphatic carbocycles. The van der Waals surface area contributed by atoms with Crippen molar-refractivity contribution in [3.8, 4) is 0 Å². The third-order valence-corrected chi connectivity index (χ3v) is 1.74. The third kappa shape index (κ3) is 1.59. The molecule has 1 rings (SSSR count). The lowest BCUT2D eigenvalue weighted by molar-refractivity contribution is -0.683. The number of H-pyrrole nitrogens is 1. The van der Waals surface area contributed by atoms with Gasteiger partial charge in [-0.1, -0.05) is 6.92 Å². The molecule has 0 amide bonds. The Morgan fingerprint density at radius 3 is 2.40 bits per heavy atom. The molecule has 58 valence electrons. The van der Waals surface area contributed by atoms with Crippen LogP contribution in [-0.2, 0) is 13.5 Å². The van der Waals surface area contributed by atoms with Gasteiger partial charge in [-0.3, -0.25) is 0 Å².